The minimum Gasteiger partial charge on any atom is -0.384 e. The highest BCUT2D eigenvalue weighted by molar-refractivity contribution is 5.85. The van der Waals surface area contributed by atoms with Gasteiger partial charge in [0.15, 0.2) is 5.82 Å². The van der Waals surface area contributed by atoms with E-state index in [0.717, 1.165) is 28.1 Å². The first-order chi connectivity index (χ1) is 17.9. The number of nitrogens with zero attached hydrogens (tertiary/aromatic N) is 4. The number of hydrogen-bond donors (Lipinski definition) is 2. The lowest BCUT2D eigenvalue weighted by Gasteiger charge is -2.28. The van der Waals surface area contributed by atoms with E-state index in [1.54, 1.807) is 16.8 Å². The number of aryl methyl sites for hydroxylation is 2. The molecule has 3 heterocycles. The molecule has 1 atom stereocenters. The second-order valence-corrected chi connectivity index (χ2v) is 9.69. The molecular formula is C29H30Cl2N6O2. The maximum absolute atomic E-state index is 13.8. The summed E-state index contributed by atoms with van der Waals surface area (Å²) in [5.41, 5.74) is 12.6. The van der Waals surface area contributed by atoms with Crippen LogP contribution in [0.4, 0.5) is 11.6 Å². The summed E-state index contributed by atoms with van der Waals surface area (Å²) in [6.07, 6.45) is 2.92. The molecule has 10 heteroatoms. The molecule has 0 saturated carbocycles. The fraction of sp³-hybridized carbons (Fsp3) is 0.241. The molecule has 2 aromatic heterocycles. The maximum Gasteiger partial charge on any atom is 0.294 e. The largest absolute Gasteiger partial charge is 0.384 e. The standard InChI is InChI=1S/C29H28N6O2.2ClH/c1-17-18(11-14-25(30)33-17)15-32-28(36)24-13-12-19-16-31-27(29(37)35(19)24)34(2)26-22-9-5-3-7-20(22)21-8-4-6-10-23(21)26;;/h3-11,14,16,24,26H,12-13,15H2,1-2H3,(H2,30,33)(H,32,36);2*1H/t24-;;/m0../s1. The molecule has 0 unspecified atom stereocenters. The average molecular weight is 566 g/mol. The maximum atomic E-state index is 13.8. The SMILES string of the molecule is Cc1nc(N)ccc1CNC(=O)[C@@H]1CCc2cnc(N(C)C3c4ccccc4-c4ccccc43)c(=O)n21.Cl.Cl. The van der Waals surface area contributed by atoms with Crippen LogP contribution in [-0.4, -0.2) is 27.5 Å². The topological polar surface area (TPSA) is 106 Å². The van der Waals surface area contributed by atoms with Gasteiger partial charge in [-0.05, 0) is 53.6 Å². The third-order valence-electron chi connectivity index (χ3n) is 7.54. The first-order valence-corrected chi connectivity index (χ1v) is 12.4. The third-order valence-corrected chi connectivity index (χ3v) is 7.54. The van der Waals surface area contributed by atoms with Crippen molar-refractivity contribution >= 4 is 42.4 Å². The summed E-state index contributed by atoms with van der Waals surface area (Å²) in [4.78, 5) is 37.8. The van der Waals surface area contributed by atoms with Crippen LogP contribution in [0.5, 0.6) is 0 Å². The van der Waals surface area contributed by atoms with Gasteiger partial charge in [-0.15, -0.1) is 24.8 Å². The molecule has 0 spiro atoms. The van der Waals surface area contributed by atoms with E-state index in [9.17, 15) is 9.59 Å². The summed E-state index contributed by atoms with van der Waals surface area (Å²) in [5, 5.41) is 2.99. The van der Waals surface area contributed by atoms with Crippen molar-refractivity contribution in [2.75, 3.05) is 17.7 Å². The predicted molar refractivity (Wildman–Crippen MR) is 158 cm³/mol. The Morgan fingerprint density at radius 2 is 1.69 bits per heavy atom. The zero-order valence-corrected chi connectivity index (χ0v) is 23.3. The van der Waals surface area contributed by atoms with Crippen LogP contribution >= 0.6 is 24.8 Å². The molecule has 6 rings (SSSR count). The molecule has 1 aliphatic carbocycles. The summed E-state index contributed by atoms with van der Waals surface area (Å²) in [6, 6.07) is 19.4. The number of aromatic nitrogens is 3. The van der Waals surface area contributed by atoms with Crippen molar-refractivity contribution in [2.45, 2.75) is 38.4 Å². The van der Waals surface area contributed by atoms with Gasteiger partial charge in [-0.25, -0.2) is 9.97 Å². The van der Waals surface area contributed by atoms with E-state index >= 15 is 0 Å². The van der Waals surface area contributed by atoms with E-state index in [2.05, 4.69) is 39.6 Å². The molecule has 8 nitrogen and oxygen atoms in total. The summed E-state index contributed by atoms with van der Waals surface area (Å²) in [7, 11) is 1.90. The lowest BCUT2D eigenvalue weighted by molar-refractivity contribution is -0.124. The highest BCUT2D eigenvalue weighted by Gasteiger charge is 2.35. The van der Waals surface area contributed by atoms with E-state index in [4.69, 9.17) is 5.73 Å². The zero-order chi connectivity index (χ0) is 25.7. The molecule has 0 saturated heterocycles. The fourth-order valence-corrected chi connectivity index (χ4v) is 5.69. The van der Waals surface area contributed by atoms with Gasteiger partial charge in [0.05, 0.1) is 6.04 Å². The number of carbonyl (C=O) groups excluding carboxylic acids is 1. The number of nitrogen functional groups attached to an aromatic ring is 1. The van der Waals surface area contributed by atoms with Gasteiger partial charge in [0.2, 0.25) is 5.91 Å². The second-order valence-electron chi connectivity index (χ2n) is 9.69. The van der Waals surface area contributed by atoms with Crippen LogP contribution in [0.1, 0.15) is 46.6 Å². The van der Waals surface area contributed by atoms with Crippen LogP contribution in [0.15, 0.2) is 71.7 Å². The predicted octanol–water partition coefficient (Wildman–Crippen LogP) is 4.38. The molecule has 0 fully saturated rings. The summed E-state index contributed by atoms with van der Waals surface area (Å²) < 4.78 is 1.62. The number of pyridine rings is 1. The number of fused-ring (bicyclic) bond motifs is 4. The molecule has 3 N–H and O–H groups in total. The Hall–Kier alpha value is -3.88. The molecule has 2 aromatic carbocycles. The van der Waals surface area contributed by atoms with E-state index in [1.165, 1.54) is 11.1 Å². The van der Waals surface area contributed by atoms with Gasteiger partial charge in [-0.3, -0.25) is 14.2 Å². The Morgan fingerprint density at radius 1 is 1.05 bits per heavy atom. The number of nitrogens with one attached hydrogen (secondary N) is 1. The second kappa shape index (κ2) is 11.1. The number of rotatable bonds is 5. The number of hydrogen-bond acceptors (Lipinski definition) is 6. The van der Waals surface area contributed by atoms with Gasteiger partial charge < -0.3 is 16.0 Å². The molecule has 1 amide bonds. The molecule has 39 heavy (non-hydrogen) atoms. The molecule has 4 aromatic rings. The summed E-state index contributed by atoms with van der Waals surface area (Å²) in [6.45, 7) is 2.19. The van der Waals surface area contributed by atoms with Gasteiger partial charge in [-0.1, -0.05) is 54.6 Å². The smallest absolute Gasteiger partial charge is 0.294 e. The van der Waals surface area contributed by atoms with Gasteiger partial charge >= 0.3 is 0 Å². The van der Waals surface area contributed by atoms with Crippen molar-refractivity contribution in [1.82, 2.24) is 19.9 Å². The fourth-order valence-electron chi connectivity index (χ4n) is 5.69. The van der Waals surface area contributed by atoms with Crippen LogP contribution in [0, 0.1) is 6.92 Å². The quantitative estimate of drug-likeness (QED) is 0.372. The Labute approximate surface area is 239 Å². The number of halogens is 2. The lowest BCUT2D eigenvalue weighted by atomic mass is 10.0. The number of benzene rings is 2. The molecule has 0 radical (unpaired) electrons. The van der Waals surface area contributed by atoms with E-state index < -0.39 is 6.04 Å². The monoisotopic (exact) mass is 564 g/mol. The van der Waals surface area contributed by atoms with E-state index in [0.29, 0.717) is 31.0 Å². The highest BCUT2D eigenvalue weighted by Crippen LogP contribution is 2.46. The van der Waals surface area contributed by atoms with Crippen LogP contribution in [0.3, 0.4) is 0 Å². The van der Waals surface area contributed by atoms with Crippen molar-refractivity contribution in [3.63, 3.8) is 0 Å². The Morgan fingerprint density at radius 3 is 2.33 bits per heavy atom. The zero-order valence-electron chi connectivity index (χ0n) is 21.6. The van der Waals surface area contributed by atoms with Crippen LogP contribution in [-0.2, 0) is 17.8 Å². The molecule has 1 aliphatic heterocycles. The van der Waals surface area contributed by atoms with E-state index in [1.807, 2.05) is 49.2 Å². The molecule has 0 bridgehead atoms. The molecule has 2 aliphatic rings. The van der Waals surface area contributed by atoms with Gasteiger partial charge in [-0.2, -0.15) is 0 Å². The first kappa shape index (κ1) is 28.1. The number of carbonyl (C=O) groups is 1. The summed E-state index contributed by atoms with van der Waals surface area (Å²) >= 11 is 0. The Bertz CT molecular complexity index is 1560. The normalized spacial score (nSPS) is 14.9. The Balaban J connectivity index is 0.00000176. The van der Waals surface area contributed by atoms with E-state index in [-0.39, 0.29) is 42.3 Å². The number of amides is 1. The minimum absolute atomic E-state index is 0. The van der Waals surface area contributed by atoms with Crippen molar-refractivity contribution in [3.05, 3.63) is 105 Å². The van der Waals surface area contributed by atoms with Crippen LogP contribution in [0.25, 0.3) is 11.1 Å². The van der Waals surface area contributed by atoms with Gasteiger partial charge in [0, 0.05) is 31.2 Å². The number of nitrogens with two attached hydrogens (primary N) is 1. The lowest BCUT2D eigenvalue weighted by Crippen LogP contribution is -2.38. The molecular weight excluding hydrogens is 535 g/mol. The third kappa shape index (κ3) is 4.75. The Kier molecular flexibility index (Phi) is 7.99. The average Bonchev–Trinajstić information content (AvgIpc) is 3.48. The van der Waals surface area contributed by atoms with Gasteiger partial charge in [0.25, 0.3) is 5.56 Å². The van der Waals surface area contributed by atoms with Crippen molar-refractivity contribution in [1.29, 1.82) is 0 Å². The minimum atomic E-state index is -0.581. The molecule has 202 valence electrons. The van der Waals surface area contributed by atoms with Crippen LogP contribution < -0.4 is 21.5 Å². The number of anilines is 2. The summed E-state index contributed by atoms with van der Waals surface area (Å²) in [5.74, 6) is 0.590. The van der Waals surface area contributed by atoms with Crippen molar-refractivity contribution < 1.29 is 4.79 Å². The first-order valence-electron chi connectivity index (χ1n) is 12.4. The van der Waals surface area contributed by atoms with Crippen molar-refractivity contribution in [3.8, 4) is 11.1 Å². The van der Waals surface area contributed by atoms with Crippen LogP contribution in [0.2, 0.25) is 0 Å². The highest BCUT2D eigenvalue weighted by atomic mass is 35.5. The van der Waals surface area contributed by atoms with Crippen molar-refractivity contribution in [2.24, 2.45) is 0 Å². The van der Waals surface area contributed by atoms with Gasteiger partial charge in [0.1, 0.15) is 11.9 Å².